The van der Waals surface area contributed by atoms with Crippen molar-refractivity contribution in [2.24, 2.45) is 0 Å². The average Bonchev–Trinajstić information content (AvgIpc) is 3.08. The van der Waals surface area contributed by atoms with Gasteiger partial charge in [-0.3, -0.25) is 4.79 Å². The first-order valence-corrected chi connectivity index (χ1v) is 9.32. The Kier molecular flexibility index (Phi) is 4.13. The van der Waals surface area contributed by atoms with Gasteiger partial charge in [-0.15, -0.1) is 0 Å². The number of likely N-dealkylation sites (tertiary alicyclic amines) is 1. The molecule has 0 aromatic carbocycles. The number of imidazole rings is 1. The van der Waals surface area contributed by atoms with Gasteiger partial charge in [0, 0.05) is 36.9 Å². The third-order valence-corrected chi connectivity index (χ3v) is 5.84. The van der Waals surface area contributed by atoms with E-state index in [-0.39, 0.29) is 5.91 Å². The van der Waals surface area contributed by atoms with E-state index >= 15 is 0 Å². The predicted octanol–water partition coefficient (Wildman–Crippen LogP) is 3.54. The molecule has 6 heteroatoms. The van der Waals surface area contributed by atoms with Gasteiger partial charge in [0.15, 0.2) is 0 Å². The number of piperidine rings is 1. The lowest BCUT2D eigenvalue weighted by Gasteiger charge is -2.35. The summed E-state index contributed by atoms with van der Waals surface area (Å²) in [5, 5.41) is 3.91. The topological polar surface area (TPSA) is 64.2 Å². The van der Waals surface area contributed by atoms with Crippen LogP contribution in [0.3, 0.4) is 0 Å². The molecule has 0 N–H and O–H groups in total. The highest BCUT2D eigenvalue weighted by molar-refractivity contribution is 5.96. The van der Waals surface area contributed by atoms with Crippen molar-refractivity contribution in [2.45, 2.75) is 64.8 Å². The highest BCUT2D eigenvalue weighted by atomic mass is 16.5. The summed E-state index contributed by atoms with van der Waals surface area (Å²) >= 11 is 0. The Morgan fingerprint density at radius 2 is 1.88 bits per heavy atom. The van der Waals surface area contributed by atoms with Crippen LogP contribution in [0.25, 0.3) is 0 Å². The lowest BCUT2D eigenvalue weighted by Crippen LogP contribution is -2.40. The number of aryl methyl sites for hydroxylation is 3. The van der Waals surface area contributed by atoms with Crippen LogP contribution in [0.15, 0.2) is 10.7 Å². The molecule has 1 saturated heterocycles. The average molecular weight is 342 g/mol. The van der Waals surface area contributed by atoms with Gasteiger partial charge in [-0.25, -0.2) is 4.98 Å². The molecule has 4 rings (SSSR count). The van der Waals surface area contributed by atoms with Crippen LogP contribution in [0, 0.1) is 20.8 Å². The third kappa shape index (κ3) is 2.77. The molecule has 0 unspecified atom stereocenters. The summed E-state index contributed by atoms with van der Waals surface area (Å²) in [6.07, 6.45) is 7.81. The summed E-state index contributed by atoms with van der Waals surface area (Å²) in [5.74, 6) is 2.56. The molecule has 1 amide bonds. The summed E-state index contributed by atoms with van der Waals surface area (Å²) in [6.45, 7) is 7.33. The Bertz CT molecular complexity index is 760. The minimum Gasteiger partial charge on any atom is -0.361 e. The van der Waals surface area contributed by atoms with Crippen LogP contribution in [-0.2, 0) is 0 Å². The van der Waals surface area contributed by atoms with Crippen LogP contribution >= 0.6 is 0 Å². The van der Waals surface area contributed by atoms with Crippen LogP contribution in [0.2, 0.25) is 0 Å². The van der Waals surface area contributed by atoms with Crippen LogP contribution in [-0.4, -0.2) is 38.6 Å². The van der Waals surface area contributed by atoms with E-state index in [4.69, 9.17) is 9.51 Å². The molecule has 25 heavy (non-hydrogen) atoms. The Morgan fingerprint density at radius 1 is 1.16 bits per heavy atom. The molecular weight excluding hydrogens is 316 g/mol. The van der Waals surface area contributed by atoms with E-state index in [1.807, 2.05) is 18.0 Å². The van der Waals surface area contributed by atoms with Gasteiger partial charge in [-0.1, -0.05) is 11.6 Å². The molecule has 2 aromatic rings. The van der Waals surface area contributed by atoms with Gasteiger partial charge in [0.25, 0.3) is 5.91 Å². The van der Waals surface area contributed by atoms with Gasteiger partial charge in [-0.05, 0) is 46.5 Å². The smallest absolute Gasteiger partial charge is 0.259 e. The Balaban J connectivity index is 1.47. The monoisotopic (exact) mass is 342 g/mol. The maximum absolute atomic E-state index is 12.8. The molecule has 3 heterocycles. The van der Waals surface area contributed by atoms with Crippen molar-refractivity contribution in [2.75, 3.05) is 13.1 Å². The number of rotatable bonds is 3. The van der Waals surface area contributed by atoms with Crippen molar-refractivity contribution in [1.29, 1.82) is 0 Å². The summed E-state index contributed by atoms with van der Waals surface area (Å²) in [4.78, 5) is 19.4. The van der Waals surface area contributed by atoms with Crippen molar-refractivity contribution in [1.82, 2.24) is 19.6 Å². The minimum atomic E-state index is 0.0521. The van der Waals surface area contributed by atoms with Crippen molar-refractivity contribution >= 4 is 5.91 Å². The molecule has 2 aromatic heterocycles. The van der Waals surface area contributed by atoms with Gasteiger partial charge in [0.2, 0.25) is 0 Å². The molecule has 1 aliphatic heterocycles. The largest absolute Gasteiger partial charge is 0.361 e. The maximum atomic E-state index is 12.8. The van der Waals surface area contributed by atoms with E-state index < -0.39 is 0 Å². The molecule has 134 valence electrons. The first-order chi connectivity index (χ1) is 12.1. The quantitative estimate of drug-likeness (QED) is 0.856. The van der Waals surface area contributed by atoms with E-state index in [9.17, 15) is 4.79 Å². The standard InChI is InChI=1S/C19H26N4O2/c1-12-11-20-18(15-5-4-6-15)23(12)16-7-9-22(10-8-16)19(24)17-13(2)21-25-14(17)3/h11,15-16H,4-10H2,1-3H3. The summed E-state index contributed by atoms with van der Waals surface area (Å²) in [6, 6.07) is 0.451. The number of carbonyl (C=O) groups is 1. The van der Waals surface area contributed by atoms with Gasteiger partial charge in [0.05, 0.1) is 5.69 Å². The zero-order chi connectivity index (χ0) is 17.6. The third-order valence-electron chi connectivity index (χ3n) is 5.84. The van der Waals surface area contributed by atoms with Crippen LogP contribution < -0.4 is 0 Å². The van der Waals surface area contributed by atoms with Crippen LogP contribution in [0.5, 0.6) is 0 Å². The fourth-order valence-electron chi connectivity index (χ4n) is 4.18. The van der Waals surface area contributed by atoms with E-state index in [2.05, 4.69) is 16.6 Å². The first-order valence-electron chi connectivity index (χ1n) is 9.32. The second kappa shape index (κ2) is 6.32. The van der Waals surface area contributed by atoms with Crippen molar-refractivity contribution in [3.8, 4) is 0 Å². The van der Waals surface area contributed by atoms with Crippen molar-refractivity contribution < 1.29 is 9.32 Å². The van der Waals surface area contributed by atoms with Gasteiger partial charge >= 0.3 is 0 Å². The minimum absolute atomic E-state index is 0.0521. The van der Waals surface area contributed by atoms with Gasteiger partial charge in [-0.2, -0.15) is 0 Å². The lowest BCUT2D eigenvalue weighted by molar-refractivity contribution is 0.0689. The van der Waals surface area contributed by atoms with Crippen molar-refractivity contribution in [3.05, 3.63) is 34.7 Å². The molecule has 2 fully saturated rings. The van der Waals surface area contributed by atoms with E-state index in [0.717, 1.165) is 25.9 Å². The SMILES string of the molecule is Cc1noc(C)c1C(=O)N1CCC(n2c(C)cnc2C2CCC2)CC1. The molecular formula is C19H26N4O2. The molecule has 0 radical (unpaired) electrons. The number of aromatic nitrogens is 3. The van der Waals surface area contributed by atoms with E-state index in [1.165, 1.54) is 30.8 Å². The number of nitrogens with zero attached hydrogens (tertiary/aromatic N) is 4. The summed E-state index contributed by atoms with van der Waals surface area (Å²) in [7, 11) is 0. The zero-order valence-electron chi connectivity index (χ0n) is 15.3. The Hall–Kier alpha value is -2.11. The Morgan fingerprint density at radius 3 is 2.44 bits per heavy atom. The second-order valence-electron chi connectivity index (χ2n) is 7.48. The first kappa shape index (κ1) is 16.4. The number of carbonyl (C=O) groups excluding carboxylic acids is 1. The van der Waals surface area contributed by atoms with Crippen molar-refractivity contribution in [3.63, 3.8) is 0 Å². The molecule has 0 spiro atoms. The number of hydrogen-bond donors (Lipinski definition) is 0. The fraction of sp³-hybridized carbons (Fsp3) is 0.632. The Labute approximate surface area is 148 Å². The molecule has 0 atom stereocenters. The lowest BCUT2D eigenvalue weighted by atomic mass is 9.84. The highest BCUT2D eigenvalue weighted by Crippen LogP contribution is 2.38. The van der Waals surface area contributed by atoms with Gasteiger partial charge in [0.1, 0.15) is 17.1 Å². The van der Waals surface area contributed by atoms with E-state index in [1.54, 1.807) is 6.92 Å². The molecule has 1 aliphatic carbocycles. The number of amides is 1. The van der Waals surface area contributed by atoms with Gasteiger partial charge < -0.3 is 14.0 Å². The molecule has 2 aliphatic rings. The normalized spacial score (nSPS) is 19.2. The molecule has 0 bridgehead atoms. The van der Waals surface area contributed by atoms with Crippen LogP contribution in [0.1, 0.15) is 77.4 Å². The summed E-state index contributed by atoms with van der Waals surface area (Å²) in [5.41, 5.74) is 2.56. The molecule has 6 nitrogen and oxygen atoms in total. The van der Waals surface area contributed by atoms with E-state index in [0.29, 0.717) is 29.0 Å². The highest BCUT2D eigenvalue weighted by Gasteiger charge is 2.32. The second-order valence-corrected chi connectivity index (χ2v) is 7.48. The predicted molar refractivity (Wildman–Crippen MR) is 93.7 cm³/mol. The van der Waals surface area contributed by atoms with Crippen LogP contribution in [0.4, 0.5) is 0 Å². The summed E-state index contributed by atoms with van der Waals surface area (Å²) < 4.78 is 7.60. The fourth-order valence-corrected chi connectivity index (χ4v) is 4.18. The maximum Gasteiger partial charge on any atom is 0.259 e. The number of hydrogen-bond acceptors (Lipinski definition) is 4. The zero-order valence-corrected chi connectivity index (χ0v) is 15.3. The molecule has 1 saturated carbocycles.